The van der Waals surface area contributed by atoms with Crippen LogP contribution in [0.2, 0.25) is 0 Å². The van der Waals surface area contributed by atoms with Crippen LogP contribution in [0.25, 0.3) is 0 Å². The molecular weight excluding hydrogens is 529 g/mol. The molecule has 0 saturated carbocycles. The van der Waals surface area contributed by atoms with E-state index in [0.717, 1.165) is 12.1 Å². The number of hydrogen-bond donors (Lipinski definition) is 1. The lowest BCUT2D eigenvalue weighted by Gasteiger charge is -2.45. The summed E-state index contributed by atoms with van der Waals surface area (Å²) in [5, 5.41) is 9.62. The van der Waals surface area contributed by atoms with Crippen molar-refractivity contribution in [1.82, 2.24) is 4.90 Å². The molecule has 3 rings (SSSR count). The fourth-order valence-electron chi connectivity index (χ4n) is 5.29. The Hall–Kier alpha value is -2.76. The highest BCUT2D eigenvalue weighted by Crippen LogP contribution is 2.46. The summed E-state index contributed by atoms with van der Waals surface area (Å²) in [6, 6.07) is 3.15. The maximum absolute atomic E-state index is 13.8. The first kappa shape index (κ1) is 29.8. The Morgan fingerprint density at radius 2 is 1.47 bits per heavy atom. The summed E-state index contributed by atoms with van der Waals surface area (Å²) in [4.78, 5) is 13.3. The first-order valence-corrected chi connectivity index (χ1v) is 11.9. The highest BCUT2D eigenvalue weighted by molar-refractivity contribution is 5.70. The van der Waals surface area contributed by atoms with Crippen molar-refractivity contribution in [3.8, 4) is 0 Å². The van der Waals surface area contributed by atoms with Gasteiger partial charge in [0.15, 0.2) is 0 Å². The first-order valence-electron chi connectivity index (χ1n) is 11.9. The molecule has 1 heterocycles. The van der Waals surface area contributed by atoms with E-state index in [9.17, 15) is 49.4 Å². The number of alkyl halides is 9. The van der Waals surface area contributed by atoms with Crippen molar-refractivity contribution in [2.24, 2.45) is 11.8 Å². The summed E-state index contributed by atoms with van der Waals surface area (Å²) in [5.41, 5.74) is -3.76. The largest absolute Gasteiger partial charge is 0.481 e. The van der Waals surface area contributed by atoms with Crippen LogP contribution in [0.4, 0.5) is 39.5 Å². The smallest absolute Gasteiger partial charge is 0.416 e. The van der Waals surface area contributed by atoms with Crippen molar-refractivity contribution in [2.75, 3.05) is 6.54 Å². The SMILES string of the molecule is CCC(C(=O)O)[C@H]1CCN([C@@H](C)c2cc(C(F)(F)F)ccc2C(F)(F)F)[C@H](c2ccc(C(F)(F)F)cc2)C1. The van der Waals surface area contributed by atoms with E-state index in [1.54, 1.807) is 6.92 Å². The molecule has 0 aliphatic carbocycles. The van der Waals surface area contributed by atoms with Crippen LogP contribution in [0, 0.1) is 11.8 Å². The zero-order chi connectivity index (χ0) is 28.6. The van der Waals surface area contributed by atoms with Crippen molar-refractivity contribution >= 4 is 5.97 Å². The number of likely N-dealkylation sites (tertiary alicyclic amines) is 1. The number of hydrogen-bond acceptors (Lipinski definition) is 2. The highest BCUT2D eigenvalue weighted by atomic mass is 19.4. The van der Waals surface area contributed by atoms with Crippen LogP contribution in [-0.4, -0.2) is 22.5 Å². The quantitative estimate of drug-likeness (QED) is 0.364. The number of benzene rings is 2. The lowest BCUT2D eigenvalue weighted by atomic mass is 9.77. The Kier molecular flexibility index (Phi) is 8.45. The molecule has 38 heavy (non-hydrogen) atoms. The zero-order valence-corrected chi connectivity index (χ0v) is 20.4. The Labute approximate surface area is 213 Å². The lowest BCUT2D eigenvalue weighted by Crippen LogP contribution is -2.42. The maximum Gasteiger partial charge on any atom is 0.416 e. The lowest BCUT2D eigenvalue weighted by molar-refractivity contribution is -0.145. The van der Waals surface area contributed by atoms with E-state index < -0.39 is 70.7 Å². The minimum absolute atomic E-state index is 0.0366. The number of carboxylic acid groups (broad SMARTS) is 1. The minimum Gasteiger partial charge on any atom is -0.481 e. The average Bonchev–Trinajstić information content (AvgIpc) is 2.82. The average molecular weight is 555 g/mol. The molecule has 1 saturated heterocycles. The van der Waals surface area contributed by atoms with Gasteiger partial charge in [-0.3, -0.25) is 9.69 Å². The van der Waals surface area contributed by atoms with Gasteiger partial charge in [0.05, 0.1) is 22.6 Å². The van der Waals surface area contributed by atoms with Crippen molar-refractivity contribution in [3.05, 3.63) is 70.3 Å². The van der Waals surface area contributed by atoms with Crippen molar-refractivity contribution in [2.45, 2.75) is 63.7 Å². The van der Waals surface area contributed by atoms with Crippen LogP contribution in [0.1, 0.15) is 73.0 Å². The summed E-state index contributed by atoms with van der Waals surface area (Å²) in [7, 11) is 0. The molecule has 0 aromatic heterocycles. The van der Waals surface area contributed by atoms with E-state index in [0.29, 0.717) is 23.8 Å². The van der Waals surface area contributed by atoms with Crippen molar-refractivity contribution in [3.63, 3.8) is 0 Å². The van der Waals surface area contributed by atoms with Crippen LogP contribution in [-0.2, 0) is 23.3 Å². The molecule has 1 aliphatic heterocycles. The number of nitrogens with zero attached hydrogens (tertiary/aromatic N) is 1. The molecule has 1 N–H and O–H groups in total. The summed E-state index contributed by atoms with van der Waals surface area (Å²) in [6.45, 7) is 3.02. The van der Waals surface area contributed by atoms with Gasteiger partial charge in [-0.1, -0.05) is 19.1 Å². The van der Waals surface area contributed by atoms with E-state index in [1.165, 1.54) is 24.0 Å². The monoisotopic (exact) mass is 555 g/mol. The second kappa shape index (κ2) is 10.8. The summed E-state index contributed by atoms with van der Waals surface area (Å²) < 4.78 is 121. The van der Waals surface area contributed by atoms with Gasteiger partial charge in [0.1, 0.15) is 0 Å². The van der Waals surface area contributed by atoms with Gasteiger partial charge in [-0.25, -0.2) is 0 Å². The van der Waals surface area contributed by atoms with E-state index >= 15 is 0 Å². The van der Waals surface area contributed by atoms with E-state index in [-0.39, 0.29) is 25.8 Å². The zero-order valence-electron chi connectivity index (χ0n) is 20.4. The second-order valence-corrected chi connectivity index (χ2v) is 9.48. The van der Waals surface area contributed by atoms with Gasteiger partial charge in [-0.2, -0.15) is 39.5 Å². The number of carboxylic acids is 1. The predicted molar refractivity (Wildman–Crippen MR) is 120 cm³/mol. The van der Waals surface area contributed by atoms with Crippen molar-refractivity contribution in [1.29, 1.82) is 0 Å². The Morgan fingerprint density at radius 3 is 1.95 bits per heavy atom. The van der Waals surface area contributed by atoms with E-state index in [2.05, 4.69) is 0 Å². The highest BCUT2D eigenvalue weighted by Gasteiger charge is 2.42. The van der Waals surface area contributed by atoms with Gasteiger partial charge in [0, 0.05) is 12.1 Å². The minimum atomic E-state index is -4.95. The molecule has 3 nitrogen and oxygen atoms in total. The van der Waals surface area contributed by atoms with Gasteiger partial charge in [0.25, 0.3) is 0 Å². The van der Waals surface area contributed by atoms with E-state index in [1.807, 2.05) is 0 Å². The molecule has 0 bridgehead atoms. The normalized spacial score (nSPS) is 21.2. The van der Waals surface area contributed by atoms with Crippen molar-refractivity contribution < 1.29 is 49.4 Å². The van der Waals surface area contributed by atoms with Gasteiger partial charge in [-0.05, 0) is 80.1 Å². The summed E-state index contributed by atoms with van der Waals surface area (Å²) in [6.07, 6.45) is -13.9. The molecule has 210 valence electrons. The Morgan fingerprint density at radius 1 is 0.921 bits per heavy atom. The molecule has 1 aliphatic rings. The van der Waals surface area contributed by atoms with Gasteiger partial charge in [0.2, 0.25) is 0 Å². The van der Waals surface area contributed by atoms with Crippen LogP contribution >= 0.6 is 0 Å². The Bertz CT molecular complexity index is 1120. The molecule has 0 spiro atoms. The summed E-state index contributed by atoms with van der Waals surface area (Å²) >= 11 is 0. The van der Waals surface area contributed by atoms with Crippen LogP contribution in [0.3, 0.4) is 0 Å². The third-order valence-electron chi connectivity index (χ3n) is 7.27. The maximum atomic E-state index is 13.8. The topological polar surface area (TPSA) is 40.5 Å². The fourth-order valence-corrected chi connectivity index (χ4v) is 5.29. The molecule has 1 unspecified atom stereocenters. The number of rotatable bonds is 6. The Balaban J connectivity index is 2.10. The molecular formula is C26H26F9NO2. The molecule has 4 atom stereocenters. The number of carbonyl (C=O) groups is 1. The molecule has 2 aromatic carbocycles. The van der Waals surface area contributed by atoms with Crippen LogP contribution < -0.4 is 0 Å². The molecule has 2 aromatic rings. The molecule has 0 amide bonds. The van der Waals surface area contributed by atoms with Crippen LogP contribution in [0.15, 0.2) is 42.5 Å². The third-order valence-corrected chi connectivity index (χ3v) is 7.27. The number of halogens is 9. The van der Waals surface area contributed by atoms with E-state index in [4.69, 9.17) is 0 Å². The fraction of sp³-hybridized carbons (Fsp3) is 0.500. The molecule has 1 fully saturated rings. The van der Waals surface area contributed by atoms with Gasteiger partial charge >= 0.3 is 24.5 Å². The first-order chi connectivity index (χ1) is 17.4. The summed E-state index contributed by atoms with van der Waals surface area (Å²) in [5.74, 6) is -2.29. The molecule has 0 radical (unpaired) electrons. The van der Waals surface area contributed by atoms with Gasteiger partial charge < -0.3 is 5.11 Å². The second-order valence-electron chi connectivity index (χ2n) is 9.48. The number of aliphatic carboxylic acids is 1. The van der Waals surface area contributed by atoms with Gasteiger partial charge in [-0.15, -0.1) is 0 Å². The standard InChI is InChI=1S/C26H26F9NO2/c1-3-19(23(37)38)16-10-11-36(22(12-16)15-4-6-17(7-5-15)24(27,28)29)14(2)20-13-18(25(30,31)32)8-9-21(20)26(33,34)35/h4-9,13-14,16,19,22H,3,10-12H2,1-2H3,(H,37,38)/t14-,16-,19?,22-/m0/s1. The molecule has 12 heteroatoms. The third kappa shape index (κ3) is 6.44. The number of piperidine rings is 1. The van der Waals surface area contributed by atoms with Crippen LogP contribution in [0.5, 0.6) is 0 Å². The predicted octanol–water partition coefficient (Wildman–Crippen LogP) is 8.37.